The highest BCUT2D eigenvalue weighted by Crippen LogP contribution is 2.18. The zero-order valence-electron chi connectivity index (χ0n) is 14.1. The minimum Gasteiger partial charge on any atom is -0.427 e. The van der Waals surface area contributed by atoms with Gasteiger partial charge in [0, 0.05) is 24.7 Å². The molecule has 0 unspecified atom stereocenters. The molecule has 0 saturated heterocycles. The molecule has 132 valence electrons. The average molecular weight is 351 g/mol. The smallest absolute Gasteiger partial charge is 0.308 e. The molecule has 0 heterocycles. The standard InChI is InChI=1S/C19H17N3O4/c1-13(23)26-16-7-4-6-14(11-16)19(25)22-17-8-3-2-5-15(17)12-21-18(24)9-10-20/h2-8,11H,9,12H2,1H3,(H,21,24)(H,22,25). The van der Waals surface area contributed by atoms with E-state index in [0.717, 1.165) is 0 Å². The fraction of sp³-hybridized carbons (Fsp3) is 0.158. The summed E-state index contributed by atoms with van der Waals surface area (Å²) in [5.41, 5.74) is 1.56. The van der Waals surface area contributed by atoms with Gasteiger partial charge in [0.15, 0.2) is 0 Å². The first-order valence-electron chi connectivity index (χ1n) is 7.81. The van der Waals surface area contributed by atoms with Gasteiger partial charge < -0.3 is 15.4 Å². The SMILES string of the molecule is CC(=O)Oc1cccc(C(=O)Nc2ccccc2CNC(=O)CC#N)c1. The van der Waals surface area contributed by atoms with Crippen LogP contribution in [0.4, 0.5) is 5.69 Å². The molecule has 0 radical (unpaired) electrons. The van der Waals surface area contributed by atoms with Crippen molar-refractivity contribution in [2.24, 2.45) is 0 Å². The predicted molar refractivity (Wildman–Crippen MR) is 94.2 cm³/mol. The first kappa shape index (κ1) is 18.7. The largest absolute Gasteiger partial charge is 0.427 e. The molecule has 0 atom stereocenters. The van der Waals surface area contributed by atoms with Crippen molar-refractivity contribution in [3.05, 3.63) is 59.7 Å². The Bertz CT molecular complexity index is 871. The fourth-order valence-electron chi connectivity index (χ4n) is 2.19. The van der Waals surface area contributed by atoms with E-state index in [9.17, 15) is 14.4 Å². The van der Waals surface area contributed by atoms with E-state index in [1.54, 1.807) is 48.5 Å². The first-order chi connectivity index (χ1) is 12.5. The predicted octanol–water partition coefficient (Wildman–Crippen LogP) is 2.39. The normalized spacial score (nSPS) is 9.69. The van der Waals surface area contributed by atoms with Crippen LogP contribution >= 0.6 is 0 Å². The van der Waals surface area contributed by atoms with Crippen LogP contribution in [0.1, 0.15) is 29.3 Å². The number of nitrogens with one attached hydrogen (secondary N) is 2. The van der Waals surface area contributed by atoms with Gasteiger partial charge in [0.2, 0.25) is 5.91 Å². The Balaban J connectivity index is 2.11. The molecule has 2 rings (SSSR count). The lowest BCUT2D eigenvalue weighted by Crippen LogP contribution is -2.23. The maximum atomic E-state index is 12.5. The summed E-state index contributed by atoms with van der Waals surface area (Å²) >= 11 is 0. The molecule has 2 aromatic carbocycles. The van der Waals surface area contributed by atoms with Crippen molar-refractivity contribution in [1.29, 1.82) is 5.26 Å². The number of para-hydroxylation sites is 1. The Morgan fingerprint density at radius 1 is 1.12 bits per heavy atom. The summed E-state index contributed by atoms with van der Waals surface area (Å²) in [6, 6.07) is 15.0. The molecule has 0 bridgehead atoms. The number of benzene rings is 2. The van der Waals surface area contributed by atoms with Crippen LogP contribution in [0.25, 0.3) is 0 Å². The number of hydrogen-bond acceptors (Lipinski definition) is 5. The minimum absolute atomic E-state index is 0.185. The maximum Gasteiger partial charge on any atom is 0.308 e. The second-order valence-corrected chi connectivity index (χ2v) is 5.34. The lowest BCUT2D eigenvalue weighted by atomic mass is 10.1. The summed E-state index contributed by atoms with van der Waals surface area (Å²) < 4.78 is 4.97. The molecule has 0 aliphatic rings. The van der Waals surface area contributed by atoms with E-state index in [1.165, 1.54) is 13.0 Å². The molecule has 7 nitrogen and oxygen atoms in total. The molecule has 0 fully saturated rings. The van der Waals surface area contributed by atoms with E-state index in [0.29, 0.717) is 16.8 Å². The van der Waals surface area contributed by atoms with Crippen molar-refractivity contribution in [3.63, 3.8) is 0 Å². The number of carbonyl (C=O) groups excluding carboxylic acids is 3. The molecule has 2 amide bonds. The van der Waals surface area contributed by atoms with E-state index in [4.69, 9.17) is 10.00 Å². The van der Waals surface area contributed by atoms with E-state index in [1.807, 2.05) is 0 Å². The molecule has 26 heavy (non-hydrogen) atoms. The van der Waals surface area contributed by atoms with Crippen molar-refractivity contribution in [2.75, 3.05) is 5.32 Å². The van der Waals surface area contributed by atoms with Crippen molar-refractivity contribution < 1.29 is 19.1 Å². The van der Waals surface area contributed by atoms with Gasteiger partial charge in [-0.15, -0.1) is 0 Å². The third-order valence-corrected chi connectivity index (χ3v) is 3.34. The topological polar surface area (TPSA) is 108 Å². The first-order valence-corrected chi connectivity index (χ1v) is 7.81. The van der Waals surface area contributed by atoms with Crippen LogP contribution in [0.15, 0.2) is 48.5 Å². The minimum atomic E-state index is -0.471. The van der Waals surface area contributed by atoms with E-state index >= 15 is 0 Å². The summed E-state index contributed by atoms with van der Waals surface area (Å²) in [5.74, 6) is -0.958. The zero-order chi connectivity index (χ0) is 18.9. The van der Waals surface area contributed by atoms with E-state index < -0.39 is 5.97 Å². The van der Waals surface area contributed by atoms with Gasteiger partial charge in [-0.2, -0.15) is 5.26 Å². The Hall–Kier alpha value is -3.66. The van der Waals surface area contributed by atoms with Gasteiger partial charge in [0.05, 0.1) is 6.07 Å². The molecule has 0 aliphatic heterocycles. The van der Waals surface area contributed by atoms with Crippen LogP contribution in [0.5, 0.6) is 5.75 Å². The summed E-state index contributed by atoms with van der Waals surface area (Å²) in [7, 11) is 0. The summed E-state index contributed by atoms with van der Waals surface area (Å²) in [5, 5.41) is 13.9. The zero-order valence-corrected chi connectivity index (χ0v) is 14.1. The summed E-state index contributed by atoms with van der Waals surface area (Å²) in [6.45, 7) is 1.47. The van der Waals surface area contributed by atoms with Crippen molar-refractivity contribution in [3.8, 4) is 11.8 Å². The molecule has 0 saturated carbocycles. The van der Waals surface area contributed by atoms with Crippen LogP contribution in [-0.2, 0) is 16.1 Å². The molecular formula is C19H17N3O4. The van der Waals surface area contributed by atoms with Crippen LogP contribution in [0.3, 0.4) is 0 Å². The van der Waals surface area contributed by atoms with Gasteiger partial charge in [-0.3, -0.25) is 14.4 Å². The van der Waals surface area contributed by atoms with Crippen LogP contribution in [0, 0.1) is 11.3 Å². The van der Waals surface area contributed by atoms with Gasteiger partial charge in [0.1, 0.15) is 12.2 Å². The van der Waals surface area contributed by atoms with Crippen LogP contribution < -0.4 is 15.4 Å². The van der Waals surface area contributed by atoms with Crippen molar-refractivity contribution >= 4 is 23.5 Å². The third-order valence-electron chi connectivity index (χ3n) is 3.34. The number of anilines is 1. The maximum absolute atomic E-state index is 12.5. The number of nitrogens with zero attached hydrogens (tertiary/aromatic N) is 1. The highest BCUT2D eigenvalue weighted by molar-refractivity contribution is 6.05. The van der Waals surface area contributed by atoms with Crippen molar-refractivity contribution in [2.45, 2.75) is 19.9 Å². The number of rotatable bonds is 6. The van der Waals surface area contributed by atoms with Crippen LogP contribution in [0.2, 0.25) is 0 Å². The Kier molecular flexibility index (Phi) is 6.46. The van der Waals surface area contributed by atoms with Gasteiger partial charge in [-0.1, -0.05) is 24.3 Å². The van der Waals surface area contributed by atoms with E-state index in [-0.39, 0.29) is 30.5 Å². The molecule has 7 heteroatoms. The molecule has 2 N–H and O–H groups in total. The number of ether oxygens (including phenoxy) is 1. The summed E-state index contributed by atoms with van der Waals surface area (Å²) in [6.07, 6.45) is -0.225. The quantitative estimate of drug-likeness (QED) is 0.614. The van der Waals surface area contributed by atoms with Gasteiger partial charge in [0.25, 0.3) is 5.91 Å². The second kappa shape index (κ2) is 8.99. The molecule has 0 spiro atoms. The fourth-order valence-corrected chi connectivity index (χ4v) is 2.19. The Labute approximate surface area is 150 Å². The average Bonchev–Trinajstić information content (AvgIpc) is 2.61. The molecular weight excluding hydrogens is 334 g/mol. The van der Waals surface area contributed by atoms with E-state index in [2.05, 4.69) is 10.6 Å². The second-order valence-electron chi connectivity index (χ2n) is 5.34. The Morgan fingerprint density at radius 3 is 2.62 bits per heavy atom. The molecule has 2 aromatic rings. The van der Waals surface area contributed by atoms with Gasteiger partial charge in [-0.05, 0) is 29.8 Å². The molecule has 0 aromatic heterocycles. The number of amides is 2. The third kappa shape index (κ3) is 5.46. The lowest BCUT2D eigenvalue weighted by molar-refractivity contribution is -0.131. The number of nitriles is 1. The number of hydrogen-bond donors (Lipinski definition) is 2. The monoisotopic (exact) mass is 351 g/mol. The highest BCUT2D eigenvalue weighted by atomic mass is 16.5. The number of esters is 1. The van der Waals surface area contributed by atoms with Crippen molar-refractivity contribution in [1.82, 2.24) is 5.32 Å². The highest BCUT2D eigenvalue weighted by Gasteiger charge is 2.11. The molecule has 0 aliphatic carbocycles. The van der Waals surface area contributed by atoms with Gasteiger partial charge >= 0.3 is 5.97 Å². The lowest BCUT2D eigenvalue weighted by Gasteiger charge is -2.12. The summed E-state index contributed by atoms with van der Waals surface area (Å²) in [4.78, 5) is 34.9. The number of carbonyl (C=O) groups is 3. The van der Waals surface area contributed by atoms with Gasteiger partial charge in [-0.25, -0.2) is 0 Å². The Morgan fingerprint density at radius 2 is 1.88 bits per heavy atom. The van der Waals surface area contributed by atoms with Crippen LogP contribution in [-0.4, -0.2) is 17.8 Å².